The smallest absolute Gasteiger partial charge is 0.250 e. The number of fused-ring (bicyclic) bond motifs is 1. The van der Waals surface area contributed by atoms with Gasteiger partial charge in [-0.3, -0.25) is 4.79 Å². The van der Waals surface area contributed by atoms with E-state index in [4.69, 9.17) is 11.1 Å². The second-order valence-corrected chi connectivity index (χ2v) is 6.62. The van der Waals surface area contributed by atoms with Crippen LogP contribution in [0.1, 0.15) is 27.4 Å². The van der Waals surface area contributed by atoms with Gasteiger partial charge in [-0.1, -0.05) is 24.3 Å². The molecule has 1 fully saturated rings. The molecule has 2 heterocycles. The molecule has 0 aliphatic carbocycles. The van der Waals surface area contributed by atoms with Crippen molar-refractivity contribution in [1.82, 2.24) is 15.3 Å². The number of nitrogens with zero attached hydrogens (tertiary/aromatic N) is 2. The van der Waals surface area contributed by atoms with Crippen molar-refractivity contribution in [1.29, 1.82) is 5.41 Å². The lowest BCUT2D eigenvalue weighted by atomic mass is 9.93. The van der Waals surface area contributed by atoms with E-state index in [1.54, 1.807) is 12.1 Å². The summed E-state index contributed by atoms with van der Waals surface area (Å²) in [5, 5.41) is 15.2. The Labute approximate surface area is 156 Å². The molecule has 0 spiro atoms. The van der Waals surface area contributed by atoms with Crippen molar-refractivity contribution in [2.75, 3.05) is 18.4 Å². The van der Waals surface area contributed by atoms with E-state index in [-0.39, 0.29) is 12.0 Å². The van der Waals surface area contributed by atoms with Crippen molar-refractivity contribution in [3.8, 4) is 0 Å². The first-order valence-corrected chi connectivity index (χ1v) is 8.78. The van der Waals surface area contributed by atoms with Crippen molar-refractivity contribution in [2.45, 2.75) is 12.0 Å². The molecule has 4 rings (SSSR count). The van der Waals surface area contributed by atoms with Crippen LogP contribution in [0, 0.1) is 5.41 Å². The van der Waals surface area contributed by atoms with Gasteiger partial charge in [0.05, 0.1) is 11.1 Å². The van der Waals surface area contributed by atoms with Gasteiger partial charge in [-0.2, -0.15) is 0 Å². The Morgan fingerprint density at radius 2 is 2.07 bits per heavy atom. The Bertz CT molecular complexity index is 1020. The molecule has 5 N–H and O–H groups in total. The average molecular weight is 360 g/mol. The highest BCUT2D eigenvalue weighted by atomic mass is 16.1. The molecule has 7 nitrogen and oxygen atoms in total. The van der Waals surface area contributed by atoms with E-state index in [0.717, 1.165) is 24.0 Å². The number of benzene rings is 2. The van der Waals surface area contributed by atoms with Crippen molar-refractivity contribution < 1.29 is 4.79 Å². The third-order valence-corrected chi connectivity index (χ3v) is 4.97. The molecule has 1 saturated heterocycles. The fourth-order valence-corrected chi connectivity index (χ4v) is 3.64. The first-order valence-electron chi connectivity index (χ1n) is 8.78. The van der Waals surface area contributed by atoms with Crippen LogP contribution in [0.4, 0.5) is 5.82 Å². The molecule has 27 heavy (non-hydrogen) atoms. The third-order valence-electron chi connectivity index (χ3n) is 4.97. The predicted octanol–water partition coefficient (Wildman–Crippen LogP) is 1.89. The van der Waals surface area contributed by atoms with Crippen molar-refractivity contribution >= 4 is 28.8 Å². The number of amides is 1. The standard InChI is InChI=1S/C20H20N6O/c21-8-12-3-1-4-13(7-12)16-9-23-10-17(16)26-20-15-6-2-5-14(19(22)27)18(15)24-11-25-20/h1-8,11,16-17,21,23H,9-10H2,(H2,22,27)(H,24,25,26)/t16-,17-/m0/s1. The Morgan fingerprint density at radius 3 is 2.89 bits per heavy atom. The lowest BCUT2D eigenvalue weighted by molar-refractivity contribution is 0.100. The van der Waals surface area contributed by atoms with Gasteiger partial charge in [-0.05, 0) is 29.3 Å². The van der Waals surface area contributed by atoms with Crippen LogP contribution in [-0.2, 0) is 0 Å². The number of carbonyl (C=O) groups excluding carboxylic acids is 1. The van der Waals surface area contributed by atoms with Gasteiger partial charge in [0.1, 0.15) is 12.1 Å². The van der Waals surface area contributed by atoms with Gasteiger partial charge in [-0.25, -0.2) is 9.97 Å². The summed E-state index contributed by atoms with van der Waals surface area (Å²) in [5.74, 6) is 0.424. The second kappa shape index (κ2) is 7.13. The highest BCUT2D eigenvalue weighted by Gasteiger charge is 2.29. The quantitative estimate of drug-likeness (QED) is 0.519. The molecule has 136 valence electrons. The summed E-state index contributed by atoms with van der Waals surface area (Å²) in [6, 6.07) is 13.5. The molecule has 0 unspecified atom stereocenters. The van der Waals surface area contributed by atoms with Gasteiger partial charge in [-0.15, -0.1) is 0 Å². The summed E-state index contributed by atoms with van der Waals surface area (Å²) in [6.45, 7) is 1.63. The van der Waals surface area contributed by atoms with Gasteiger partial charge >= 0.3 is 0 Å². The molecule has 2 atom stereocenters. The fraction of sp³-hybridized carbons (Fsp3) is 0.200. The minimum atomic E-state index is -0.505. The predicted molar refractivity (Wildman–Crippen MR) is 105 cm³/mol. The maximum Gasteiger partial charge on any atom is 0.250 e. The van der Waals surface area contributed by atoms with Gasteiger partial charge in [0, 0.05) is 36.7 Å². The monoisotopic (exact) mass is 360 g/mol. The van der Waals surface area contributed by atoms with E-state index in [9.17, 15) is 4.79 Å². The number of carbonyl (C=O) groups is 1. The van der Waals surface area contributed by atoms with E-state index in [1.807, 2.05) is 24.3 Å². The van der Waals surface area contributed by atoms with E-state index in [2.05, 4.69) is 26.7 Å². The third kappa shape index (κ3) is 3.24. The van der Waals surface area contributed by atoms with Crippen LogP contribution in [0.25, 0.3) is 10.9 Å². The topological polar surface area (TPSA) is 117 Å². The Kier molecular flexibility index (Phi) is 4.52. The molecule has 0 radical (unpaired) electrons. The fourth-order valence-electron chi connectivity index (χ4n) is 3.64. The molecule has 3 aromatic rings. The molecule has 1 aromatic heterocycles. The maximum atomic E-state index is 11.7. The summed E-state index contributed by atoms with van der Waals surface area (Å²) in [7, 11) is 0. The Morgan fingerprint density at radius 1 is 1.22 bits per heavy atom. The van der Waals surface area contributed by atoms with Crippen LogP contribution in [0.15, 0.2) is 48.8 Å². The first-order chi connectivity index (χ1) is 13.2. The molecular weight excluding hydrogens is 340 g/mol. The average Bonchev–Trinajstić information content (AvgIpc) is 3.16. The molecule has 0 bridgehead atoms. The number of rotatable bonds is 5. The van der Waals surface area contributed by atoms with Crippen LogP contribution < -0.4 is 16.4 Å². The van der Waals surface area contributed by atoms with E-state index in [0.29, 0.717) is 16.9 Å². The van der Waals surface area contributed by atoms with Crippen LogP contribution >= 0.6 is 0 Å². The number of hydrogen-bond donors (Lipinski definition) is 4. The number of nitrogens with one attached hydrogen (secondary N) is 3. The van der Waals surface area contributed by atoms with Crippen LogP contribution in [0.2, 0.25) is 0 Å². The van der Waals surface area contributed by atoms with Crippen LogP contribution in [0.3, 0.4) is 0 Å². The lowest BCUT2D eigenvalue weighted by Crippen LogP contribution is -2.28. The minimum absolute atomic E-state index is 0.126. The lowest BCUT2D eigenvalue weighted by Gasteiger charge is -2.22. The summed E-state index contributed by atoms with van der Waals surface area (Å²) < 4.78 is 0. The van der Waals surface area contributed by atoms with E-state index >= 15 is 0 Å². The summed E-state index contributed by atoms with van der Waals surface area (Å²) >= 11 is 0. The van der Waals surface area contributed by atoms with Gasteiger partial charge in [0.25, 0.3) is 5.91 Å². The molecule has 2 aromatic carbocycles. The number of aromatic nitrogens is 2. The number of hydrogen-bond acceptors (Lipinski definition) is 6. The van der Waals surface area contributed by atoms with Gasteiger partial charge in [0.15, 0.2) is 0 Å². The largest absolute Gasteiger partial charge is 0.366 e. The molecule has 1 aliphatic rings. The van der Waals surface area contributed by atoms with Crippen molar-refractivity contribution in [2.24, 2.45) is 5.73 Å². The normalized spacial score (nSPS) is 19.1. The second-order valence-electron chi connectivity index (χ2n) is 6.62. The minimum Gasteiger partial charge on any atom is -0.366 e. The molecule has 0 saturated carbocycles. The van der Waals surface area contributed by atoms with E-state index < -0.39 is 5.91 Å². The van der Waals surface area contributed by atoms with Gasteiger partial charge < -0.3 is 21.8 Å². The molecule has 1 amide bonds. The number of para-hydroxylation sites is 1. The molecule has 1 aliphatic heterocycles. The Hall–Kier alpha value is -3.32. The zero-order valence-electron chi connectivity index (χ0n) is 14.6. The van der Waals surface area contributed by atoms with Crippen molar-refractivity contribution in [3.05, 3.63) is 65.5 Å². The zero-order valence-corrected chi connectivity index (χ0v) is 14.6. The highest BCUT2D eigenvalue weighted by molar-refractivity contribution is 6.06. The summed E-state index contributed by atoms with van der Waals surface area (Å²) in [5.41, 5.74) is 8.47. The zero-order chi connectivity index (χ0) is 18.8. The van der Waals surface area contributed by atoms with E-state index in [1.165, 1.54) is 18.1 Å². The summed E-state index contributed by atoms with van der Waals surface area (Å²) in [4.78, 5) is 20.3. The number of nitrogens with two attached hydrogens (primary N) is 1. The SMILES string of the molecule is N=Cc1cccc([C@@H]2CNC[C@@H]2Nc2ncnc3c(C(N)=O)cccc23)c1. The van der Waals surface area contributed by atoms with Crippen LogP contribution in [-0.4, -0.2) is 41.2 Å². The Balaban J connectivity index is 1.68. The summed E-state index contributed by atoms with van der Waals surface area (Å²) in [6.07, 6.45) is 2.81. The first kappa shape index (κ1) is 17.1. The van der Waals surface area contributed by atoms with Crippen molar-refractivity contribution in [3.63, 3.8) is 0 Å². The molecular formula is C20H20N6O. The highest BCUT2D eigenvalue weighted by Crippen LogP contribution is 2.28. The number of primary amides is 1. The van der Waals surface area contributed by atoms with Gasteiger partial charge in [0.2, 0.25) is 0 Å². The maximum absolute atomic E-state index is 11.7. The van der Waals surface area contributed by atoms with Crippen LogP contribution in [0.5, 0.6) is 0 Å². The number of anilines is 1. The molecule has 7 heteroatoms.